The van der Waals surface area contributed by atoms with E-state index in [0.717, 1.165) is 30.6 Å². The number of fused-ring (bicyclic) bond motifs is 1. The molecule has 0 atom stereocenters. The Balaban J connectivity index is 2.55. The highest BCUT2D eigenvalue weighted by Crippen LogP contribution is 2.20. The highest BCUT2D eigenvalue weighted by Gasteiger charge is 2.04. The van der Waals surface area contributed by atoms with Crippen LogP contribution in [0.15, 0.2) is 24.3 Å². The van der Waals surface area contributed by atoms with Crippen molar-refractivity contribution in [3.05, 3.63) is 41.1 Å². The van der Waals surface area contributed by atoms with Gasteiger partial charge in [0.2, 0.25) is 0 Å². The van der Waals surface area contributed by atoms with E-state index in [1.807, 2.05) is 6.92 Å². The molecule has 0 saturated heterocycles. The maximum Gasteiger partial charge on any atom is 0.0737 e. The second-order valence-corrected chi connectivity index (χ2v) is 4.34. The van der Waals surface area contributed by atoms with Crippen molar-refractivity contribution in [2.45, 2.75) is 26.7 Å². The molecule has 1 aromatic carbocycles. The minimum absolute atomic E-state index is 0.737. The molecule has 0 aliphatic rings. The molecule has 0 fully saturated rings. The summed E-state index contributed by atoms with van der Waals surface area (Å²) >= 11 is 0. The van der Waals surface area contributed by atoms with Gasteiger partial charge in [0.25, 0.3) is 0 Å². The van der Waals surface area contributed by atoms with Crippen LogP contribution in [0, 0.1) is 13.8 Å². The molecule has 2 aromatic rings. The van der Waals surface area contributed by atoms with Crippen LogP contribution in [0.3, 0.4) is 0 Å². The molecule has 1 heterocycles. The Hall–Kier alpha value is -1.41. The van der Waals surface area contributed by atoms with Gasteiger partial charge in [-0.1, -0.05) is 17.7 Å². The zero-order chi connectivity index (χ0) is 11.5. The van der Waals surface area contributed by atoms with Crippen LogP contribution in [0.1, 0.15) is 23.2 Å². The van der Waals surface area contributed by atoms with Crippen molar-refractivity contribution in [2.75, 3.05) is 6.54 Å². The van der Waals surface area contributed by atoms with Gasteiger partial charge in [-0.15, -0.1) is 0 Å². The SMILES string of the molecule is Cc1cc(CCCN)c2nc(C)ccc2c1. The lowest BCUT2D eigenvalue weighted by Crippen LogP contribution is -2.01. The molecule has 0 unspecified atom stereocenters. The predicted molar refractivity (Wildman–Crippen MR) is 68.6 cm³/mol. The summed E-state index contributed by atoms with van der Waals surface area (Å²) in [5.41, 5.74) is 10.4. The molecule has 0 bridgehead atoms. The lowest BCUT2D eigenvalue weighted by Gasteiger charge is -2.08. The number of hydrogen-bond donors (Lipinski definition) is 1. The van der Waals surface area contributed by atoms with Crippen molar-refractivity contribution < 1.29 is 0 Å². The summed E-state index contributed by atoms with van der Waals surface area (Å²) in [5, 5.41) is 1.23. The largest absolute Gasteiger partial charge is 0.330 e. The van der Waals surface area contributed by atoms with Gasteiger partial charge in [-0.2, -0.15) is 0 Å². The van der Waals surface area contributed by atoms with Gasteiger partial charge in [-0.25, -0.2) is 0 Å². The van der Waals surface area contributed by atoms with E-state index in [0.29, 0.717) is 0 Å². The zero-order valence-electron chi connectivity index (χ0n) is 9.96. The molecule has 1 aromatic heterocycles. The summed E-state index contributed by atoms with van der Waals surface area (Å²) in [6.07, 6.45) is 2.04. The fourth-order valence-electron chi connectivity index (χ4n) is 2.05. The Labute approximate surface area is 96.5 Å². The number of nitrogens with two attached hydrogens (primary N) is 1. The van der Waals surface area contributed by atoms with Crippen molar-refractivity contribution in [2.24, 2.45) is 5.73 Å². The minimum Gasteiger partial charge on any atom is -0.330 e. The summed E-state index contributed by atoms with van der Waals surface area (Å²) < 4.78 is 0. The summed E-state index contributed by atoms with van der Waals surface area (Å²) in [4.78, 5) is 4.63. The predicted octanol–water partition coefficient (Wildman–Crippen LogP) is 2.74. The summed E-state index contributed by atoms with van der Waals surface area (Å²) in [5.74, 6) is 0. The number of hydrogen-bond acceptors (Lipinski definition) is 2. The molecule has 2 nitrogen and oxygen atoms in total. The topological polar surface area (TPSA) is 38.9 Å². The van der Waals surface area contributed by atoms with Gasteiger partial charge in [-0.05, 0) is 50.9 Å². The van der Waals surface area contributed by atoms with Crippen molar-refractivity contribution in [1.29, 1.82) is 0 Å². The first-order valence-electron chi connectivity index (χ1n) is 5.77. The van der Waals surface area contributed by atoms with Crippen LogP contribution in [-0.4, -0.2) is 11.5 Å². The quantitative estimate of drug-likeness (QED) is 0.853. The summed E-state index contributed by atoms with van der Waals surface area (Å²) in [7, 11) is 0. The van der Waals surface area contributed by atoms with Crippen LogP contribution >= 0.6 is 0 Å². The van der Waals surface area contributed by atoms with E-state index in [9.17, 15) is 0 Å². The monoisotopic (exact) mass is 214 g/mol. The maximum atomic E-state index is 5.57. The van der Waals surface area contributed by atoms with Crippen molar-refractivity contribution >= 4 is 10.9 Å². The first-order valence-corrected chi connectivity index (χ1v) is 5.77. The lowest BCUT2D eigenvalue weighted by atomic mass is 10.0. The minimum atomic E-state index is 0.737. The van der Waals surface area contributed by atoms with Gasteiger partial charge in [0.05, 0.1) is 5.52 Å². The highest BCUT2D eigenvalue weighted by molar-refractivity contribution is 5.82. The third kappa shape index (κ3) is 2.22. The van der Waals surface area contributed by atoms with Crippen LogP contribution < -0.4 is 5.73 Å². The molecule has 2 N–H and O–H groups in total. The van der Waals surface area contributed by atoms with Crippen molar-refractivity contribution in [3.8, 4) is 0 Å². The molecule has 2 heteroatoms. The van der Waals surface area contributed by atoms with Crippen LogP contribution in [0.25, 0.3) is 10.9 Å². The molecular weight excluding hydrogens is 196 g/mol. The van der Waals surface area contributed by atoms with Crippen molar-refractivity contribution in [3.63, 3.8) is 0 Å². The van der Waals surface area contributed by atoms with Gasteiger partial charge >= 0.3 is 0 Å². The number of aryl methyl sites for hydroxylation is 3. The van der Waals surface area contributed by atoms with Gasteiger partial charge in [0.15, 0.2) is 0 Å². The molecule has 0 aliphatic carbocycles. The Morgan fingerprint density at radius 2 is 2.00 bits per heavy atom. The molecule has 0 radical (unpaired) electrons. The highest BCUT2D eigenvalue weighted by atomic mass is 14.7. The Kier molecular flexibility index (Phi) is 3.20. The number of rotatable bonds is 3. The van der Waals surface area contributed by atoms with Crippen LogP contribution in [-0.2, 0) is 6.42 Å². The van der Waals surface area contributed by atoms with Crippen LogP contribution in [0.2, 0.25) is 0 Å². The molecule has 16 heavy (non-hydrogen) atoms. The van der Waals surface area contributed by atoms with Crippen molar-refractivity contribution in [1.82, 2.24) is 4.98 Å². The lowest BCUT2D eigenvalue weighted by molar-refractivity contribution is 0.834. The van der Waals surface area contributed by atoms with E-state index in [1.165, 1.54) is 16.5 Å². The van der Waals surface area contributed by atoms with Gasteiger partial charge in [0.1, 0.15) is 0 Å². The van der Waals surface area contributed by atoms with E-state index < -0.39 is 0 Å². The Morgan fingerprint density at radius 3 is 2.75 bits per heavy atom. The van der Waals surface area contributed by atoms with Gasteiger partial charge in [-0.3, -0.25) is 4.98 Å². The van der Waals surface area contributed by atoms with E-state index in [1.54, 1.807) is 0 Å². The fraction of sp³-hybridized carbons (Fsp3) is 0.357. The third-order valence-electron chi connectivity index (χ3n) is 2.81. The molecule has 0 spiro atoms. The van der Waals surface area contributed by atoms with E-state index >= 15 is 0 Å². The zero-order valence-corrected chi connectivity index (χ0v) is 9.96. The van der Waals surface area contributed by atoms with Crippen LogP contribution in [0.5, 0.6) is 0 Å². The Morgan fingerprint density at radius 1 is 1.19 bits per heavy atom. The fourth-order valence-corrected chi connectivity index (χ4v) is 2.05. The normalized spacial score (nSPS) is 10.9. The third-order valence-corrected chi connectivity index (χ3v) is 2.81. The molecule has 2 rings (SSSR count). The first-order chi connectivity index (χ1) is 7.70. The molecule has 84 valence electrons. The molecule has 0 saturated carbocycles. The first kappa shape index (κ1) is 11.1. The average molecular weight is 214 g/mol. The standard InChI is InChI=1S/C14H18N2/c1-10-8-12(4-3-7-15)14-13(9-10)6-5-11(2)16-14/h5-6,8-9H,3-4,7,15H2,1-2H3. The van der Waals surface area contributed by atoms with E-state index in [4.69, 9.17) is 5.73 Å². The Bertz CT molecular complexity index is 503. The number of aromatic nitrogens is 1. The van der Waals surface area contributed by atoms with Gasteiger partial charge in [0, 0.05) is 11.1 Å². The van der Waals surface area contributed by atoms with Crippen LogP contribution in [0.4, 0.5) is 0 Å². The molecule has 0 amide bonds. The summed E-state index contributed by atoms with van der Waals surface area (Å²) in [6.45, 7) is 4.90. The number of nitrogens with zero attached hydrogens (tertiary/aromatic N) is 1. The second kappa shape index (κ2) is 4.62. The molecule has 0 aliphatic heterocycles. The smallest absolute Gasteiger partial charge is 0.0737 e. The van der Waals surface area contributed by atoms with E-state index in [-0.39, 0.29) is 0 Å². The number of pyridine rings is 1. The van der Waals surface area contributed by atoms with E-state index in [2.05, 4.69) is 36.2 Å². The molecular formula is C14H18N2. The second-order valence-electron chi connectivity index (χ2n) is 4.34. The van der Waals surface area contributed by atoms with Gasteiger partial charge < -0.3 is 5.73 Å². The average Bonchev–Trinajstić information content (AvgIpc) is 2.26. The number of benzene rings is 1. The summed E-state index contributed by atoms with van der Waals surface area (Å²) in [6, 6.07) is 8.63. The maximum absolute atomic E-state index is 5.57.